The number of halogens is 3. The van der Waals surface area contributed by atoms with Gasteiger partial charge < -0.3 is 10.2 Å². The Kier molecular flexibility index (Phi) is 5.48. The number of rotatable bonds is 3. The van der Waals surface area contributed by atoms with Gasteiger partial charge >= 0.3 is 6.18 Å². The fourth-order valence-corrected chi connectivity index (χ4v) is 4.61. The van der Waals surface area contributed by atoms with Crippen molar-refractivity contribution in [3.63, 3.8) is 0 Å². The van der Waals surface area contributed by atoms with Crippen LogP contribution in [-0.2, 0) is 6.18 Å². The minimum Gasteiger partial charge on any atom is -0.370 e. The molecule has 1 amide bonds. The van der Waals surface area contributed by atoms with Crippen molar-refractivity contribution in [1.29, 1.82) is 0 Å². The third-order valence-corrected chi connectivity index (χ3v) is 6.15. The Bertz CT molecular complexity index is 869. The standard InChI is InChI=1S/C22H24F3N3O/c23-22(24,25)18-5-6-20(28-12-9-15-3-1-2-4-17(15)14-28)19(13-18)27-21(29)16-7-10-26-11-8-16/h5-8,10-11,13,15,17H,1-4,9,12,14H2,(H,27,29)/t15-,17-/m1/s1. The van der Waals surface area contributed by atoms with E-state index in [4.69, 9.17) is 0 Å². The lowest BCUT2D eigenvalue weighted by molar-refractivity contribution is -0.137. The van der Waals surface area contributed by atoms with Crippen LogP contribution >= 0.6 is 0 Å². The van der Waals surface area contributed by atoms with Crippen molar-refractivity contribution in [3.05, 3.63) is 53.9 Å². The molecule has 4 nitrogen and oxygen atoms in total. The second-order valence-electron chi connectivity index (χ2n) is 7.96. The SMILES string of the molecule is O=C(Nc1cc(C(F)(F)F)ccc1N1CC[C@H]2CCCC[C@@H]2C1)c1ccncc1. The van der Waals surface area contributed by atoms with E-state index in [0.717, 1.165) is 31.6 Å². The molecule has 1 N–H and O–H groups in total. The number of hydrogen-bond donors (Lipinski definition) is 1. The van der Waals surface area contributed by atoms with E-state index >= 15 is 0 Å². The highest BCUT2D eigenvalue weighted by atomic mass is 19.4. The molecule has 1 saturated heterocycles. The average Bonchev–Trinajstić information content (AvgIpc) is 2.73. The second-order valence-corrected chi connectivity index (χ2v) is 7.96. The first-order valence-electron chi connectivity index (χ1n) is 10.1. The van der Waals surface area contributed by atoms with E-state index in [0.29, 0.717) is 23.1 Å². The van der Waals surface area contributed by atoms with Crippen LogP contribution in [-0.4, -0.2) is 24.0 Å². The molecule has 154 valence electrons. The molecule has 1 saturated carbocycles. The minimum atomic E-state index is -4.47. The number of benzene rings is 1. The van der Waals surface area contributed by atoms with Gasteiger partial charge in [0.05, 0.1) is 16.9 Å². The van der Waals surface area contributed by atoms with Gasteiger partial charge in [0.1, 0.15) is 0 Å². The third kappa shape index (κ3) is 4.38. The molecule has 2 aromatic rings. The van der Waals surface area contributed by atoms with Gasteiger partial charge in [-0.15, -0.1) is 0 Å². The maximum Gasteiger partial charge on any atom is 0.416 e. The van der Waals surface area contributed by atoms with Gasteiger partial charge in [-0.05, 0) is 55.0 Å². The Morgan fingerprint density at radius 1 is 1.03 bits per heavy atom. The van der Waals surface area contributed by atoms with Crippen LogP contribution in [0.15, 0.2) is 42.7 Å². The van der Waals surface area contributed by atoms with E-state index in [1.54, 1.807) is 0 Å². The predicted molar refractivity (Wildman–Crippen MR) is 106 cm³/mol. The second kappa shape index (κ2) is 8.05. The van der Waals surface area contributed by atoms with Gasteiger partial charge in [0, 0.05) is 31.0 Å². The lowest BCUT2D eigenvalue weighted by Gasteiger charge is -2.42. The summed E-state index contributed by atoms with van der Waals surface area (Å²) in [5.74, 6) is 0.841. The fraction of sp³-hybridized carbons (Fsp3) is 0.455. The quantitative estimate of drug-likeness (QED) is 0.750. The van der Waals surface area contributed by atoms with Crippen molar-refractivity contribution in [2.75, 3.05) is 23.3 Å². The zero-order chi connectivity index (χ0) is 20.4. The summed E-state index contributed by atoms with van der Waals surface area (Å²) >= 11 is 0. The predicted octanol–water partition coefficient (Wildman–Crippen LogP) is 5.37. The number of hydrogen-bond acceptors (Lipinski definition) is 3. The molecule has 7 heteroatoms. The molecular formula is C22H24F3N3O. The minimum absolute atomic E-state index is 0.205. The summed E-state index contributed by atoms with van der Waals surface area (Å²) in [4.78, 5) is 18.6. The topological polar surface area (TPSA) is 45.2 Å². The highest BCUT2D eigenvalue weighted by Crippen LogP contribution is 2.41. The van der Waals surface area contributed by atoms with Crippen LogP contribution in [0.4, 0.5) is 24.5 Å². The number of carbonyl (C=O) groups excluding carboxylic acids is 1. The molecule has 1 aliphatic carbocycles. The lowest BCUT2D eigenvalue weighted by atomic mass is 9.75. The maximum absolute atomic E-state index is 13.3. The molecule has 2 aliphatic rings. The van der Waals surface area contributed by atoms with Gasteiger partial charge in [-0.3, -0.25) is 9.78 Å². The summed E-state index contributed by atoms with van der Waals surface area (Å²) in [6.07, 6.45) is 4.44. The van der Waals surface area contributed by atoms with Gasteiger partial charge in [0.15, 0.2) is 0 Å². The number of nitrogens with zero attached hydrogens (tertiary/aromatic N) is 2. The number of carbonyl (C=O) groups is 1. The fourth-order valence-electron chi connectivity index (χ4n) is 4.61. The third-order valence-electron chi connectivity index (χ3n) is 6.15. The summed E-state index contributed by atoms with van der Waals surface area (Å²) in [7, 11) is 0. The number of anilines is 2. The number of piperidine rings is 1. The zero-order valence-corrected chi connectivity index (χ0v) is 16.1. The van der Waals surface area contributed by atoms with E-state index in [2.05, 4.69) is 15.2 Å². The van der Waals surface area contributed by atoms with Crippen LogP contribution in [0.1, 0.15) is 48.0 Å². The van der Waals surface area contributed by atoms with Crippen molar-refractivity contribution < 1.29 is 18.0 Å². The number of alkyl halides is 3. The summed E-state index contributed by atoms with van der Waals surface area (Å²) < 4.78 is 39.9. The van der Waals surface area contributed by atoms with Gasteiger partial charge in [-0.2, -0.15) is 13.2 Å². The number of aromatic nitrogens is 1. The Morgan fingerprint density at radius 2 is 1.76 bits per heavy atom. The maximum atomic E-state index is 13.3. The molecule has 1 aromatic heterocycles. The number of amides is 1. The van der Waals surface area contributed by atoms with E-state index < -0.39 is 17.6 Å². The summed E-state index contributed by atoms with van der Waals surface area (Å²) in [6.45, 7) is 1.62. The van der Waals surface area contributed by atoms with Crippen LogP contribution in [0.2, 0.25) is 0 Å². The van der Waals surface area contributed by atoms with E-state index in [1.165, 1.54) is 56.3 Å². The van der Waals surface area contributed by atoms with Crippen molar-refractivity contribution in [2.45, 2.75) is 38.3 Å². The molecule has 0 spiro atoms. The first-order valence-corrected chi connectivity index (χ1v) is 10.1. The van der Waals surface area contributed by atoms with Crippen LogP contribution in [0.25, 0.3) is 0 Å². The summed E-state index contributed by atoms with van der Waals surface area (Å²) in [5.41, 5.74) is 0.452. The highest BCUT2D eigenvalue weighted by molar-refractivity contribution is 6.06. The highest BCUT2D eigenvalue weighted by Gasteiger charge is 2.34. The van der Waals surface area contributed by atoms with Crippen molar-refractivity contribution in [2.24, 2.45) is 11.8 Å². The zero-order valence-electron chi connectivity index (χ0n) is 16.1. The molecule has 2 fully saturated rings. The first-order chi connectivity index (χ1) is 13.9. The largest absolute Gasteiger partial charge is 0.416 e. The molecule has 1 aromatic carbocycles. The van der Waals surface area contributed by atoms with Gasteiger partial charge in [0.25, 0.3) is 5.91 Å². The molecule has 29 heavy (non-hydrogen) atoms. The number of fused-ring (bicyclic) bond motifs is 1. The van der Waals surface area contributed by atoms with Crippen LogP contribution < -0.4 is 10.2 Å². The monoisotopic (exact) mass is 403 g/mol. The smallest absolute Gasteiger partial charge is 0.370 e. The molecule has 2 atom stereocenters. The van der Waals surface area contributed by atoms with E-state index in [-0.39, 0.29) is 5.69 Å². The Morgan fingerprint density at radius 3 is 2.48 bits per heavy atom. The van der Waals surface area contributed by atoms with Crippen molar-refractivity contribution >= 4 is 17.3 Å². The Labute approximate surface area is 168 Å². The molecule has 0 bridgehead atoms. The van der Waals surface area contributed by atoms with Crippen molar-refractivity contribution in [1.82, 2.24) is 4.98 Å². The van der Waals surface area contributed by atoms with Crippen LogP contribution in [0.5, 0.6) is 0 Å². The van der Waals surface area contributed by atoms with E-state index in [1.807, 2.05) is 0 Å². The molecule has 4 rings (SSSR count). The first kappa shape index (κ1) is 19.7. The molecule has 0 radical (unpaired) electrons. The van der Waals surface area contributed by atoms with Crippen molar-refractivity contribution in [3.8, 4) is 0 Å². The lowest BCUT2D eigenvalue weighted by Crippen LogP contribution is -2.42. The molecule has 0 unspecified atom stereocenters. The summed E-state index contributed by atoms with van der Waals surface area (Å²) in [6, 6.07) is 6.71. The Balaban J connectivity index is 1.63. The molecule has 2 heterocycles. The van der Waals surface area contributed by atoms with Gasteiger partial charge in [-0.25, -0.2) is 0 Å². The van der Waals surface area contributed by atoms with Gasteiger partial charge in [-0.1, -0.05) is 19.3 Å². The average molecular weight is 403 g/mol. The van der Waals surface area contributed by atoms with Gasteiger partial charge in [0.2, 0.25) is 0 Å². The normalized spacial score (nSPS) is 22.1. The Hall–Kier alpha value is -2.57. The number of pyridine rings is 1. The number of nitrogens with one attached hydrogen (secondary N) is 1. The summed E-state index contributed by atoms with van der Waals surface area (Å²) in [5, 5.41) is 2.70. The molecule has 1 aliphatic heterocycles. The van der Waals surface area contributed by atoms with Crippen LogP contribution in [0, 0.1) is 11.8 Å². The van der Waals surface area contributed by atoms with Crippen LogP contribution in [0.3, 0.4) is 0 Å². The van der Waals surface area contributed by atoms with E-state index in [9.17, 15) is 18.0 Å². The molecular weight excluding hydrogens is 379 g/mol.